The number of benzene rings is 1. The summed E-state index contributed by atoms with van der Waals surface area (Å²) in [6.45, 7) is 0. The van der Waals surface area contributed by atoms with Crippen LogP contribution in [0.15, 0.2) is 24.3 Å². The van der Waals surface area contributed by atoms with Crippen molar-refractivity contribution in [3.8, 4) is 0 Å². The average Bonchev–Trinajstić information content (AvgIpc) is 2.22. The molecule has 0 radical (unpaired) electrons. The molecule has 0 bridgehead atoms. The quantitative estimate of drug-likeness (QED) is 0.802. The highest BCUT2D eigenvalue weighted by atomic mass is 35.5. The topological polar surface area (TPSA) is 37.3 Å². The molecule has 0 aromatic heterocycles. The second-order valence-corrected chi connectivity index (χ2v) is 4.20. The zero-order valence-electron chi connectivity index (χ0n) is 8.62. The van der Waals surface area contributed by atoms with Gasteiger partial charge in [-0.15, -0.1) is 0 Å². The standard InChI is InChI=1S/C12H12Cl2O2/c13-10-6-7-11(14)9(8-10)4-2-1-3-5-12(15)16/h2,4,6-8H,1,3,5H2,(H,15,16)/b4-2+. The van der Waals surface area contributed by atoms with Gasteiger partial charge in [0.05, 0.1) is 0 Å². The van der Waals surface area contributed by atoms with Gasteiger partial charge < -0.3 is 5.11 Å². The molecule has 86 valence electrons. The number of hydrogen-bond acceptors (Lipinski definition) is 1. The minimum absolute atomic E-state index is 0.188. The van der Waals surface area contributed by atoms with E-state index in [1.807, 2.05) is 12.2 Å². The summed E-state index contributed by atoms with van der Waals surface area (Å²) in [5.41, 5.74) is 0.851. The number of rotatable bonds is 5. The smallest absolute Gasteiger partial charge is 0.303 e. The van der Waals surface area contributed by atoms with Crippen LogP contribution in [-0.4, -0.2) is 11.1 Å². The van der Waals surface area contributed by atoms with Crippen molar-refractivity contribution < 1.29 is 9.90 Å². The largest absolute Gasteiger partial charge is 0.481 e. The number of halogens is 2. The van der Waals surface area contributed by atoms with Gasteiger partial charge in [-0.2, -0.15) is 0 Å². The van der Waals surface area contributed by atoms with Crippen molar-refractivity contribution in [2.75, 3.05) is 0 Å². The van der Waals surface area contributed by atoms with Crippen molar-refractivity contribution >= 4 is 35.2 Å². The molecule has 0 aliphatic rings. The van der Waals surface area contributed by atoms with Crippen LogP contribution in [-0.2, 0) is 4.79 Å². The maximum Gasteiger partial charge on any atom is 0.303 e. The molecule has 0 saturated heterocycles. The lowest BCUT2D eigenvalue weighted by Gasteiger charge is -1.98. The van der Waals surface area contributed by atoms with E-state index in [2.05, 4.69) is 0 Å². The fourth-order valence-corrected chi connectivity index (χ4v) is 1.58. The van der Waals surface area contributed by atoms with E-state index in [9.17, 15) is 4.79 Å². The third kappa shape index (κ3) is 4.69. The predicted molar refractivity (Wildman–Crippen MR) is 67.0 cm³/mol. The van der Waals surface area contributed by atoms with E-state index in [1.54, 1.807) is 18.2 Å². The maximum atomic E-state index is 10.3. The zero-order valence-corrected chi connectivity index (χ0v) is 10.1. The van der Waals surface area contributed by atoms with Gasteiger partial charge in [0.25, 0.3) is 0 Å². The fraction of sp³-hybridized carbons (Fsp3) is 0.250. The molecule has 0 aliphatic carbocycles. The lowest BCUT2D eigenvalue weighted by molar-refractivity contribution is -0.137. The molecule has 0 spiro atoms. The van der Waals surface area contributed by atoms with Gasteiger partial charge in [-0.1, -0.05) is 35.4 Å². The van der Waals surface area contributed by atoms with Gasteiger partial charge in [0.15, 0.2) is 0 Å². The summed E-state index contributed by atoms with van der Waals surface area (Å²) in [7, 11) is 0. The van der Waals surface area contributed by atoms with Crippen molar-refractivity contribution in [1.29, 1.82) is 0 Å². The number of hydrogen-bond donors (Lipinski definition) is 1. The van der Waals surface area contributed by atoms with Gasteiger partial charge in [0, 0.05) is 16.5 Å². The SMILES string of the molecule is O=C(O)CCC/C=C/c1cc(Cl)ccc1Cl. The Hall–Kier alpha value is -0.990. The summed E-state index contributed by atoms with van der Waals surface area (Å²) < 4.78 is 0. The Bertz CT molecular complexity index is 400. The molecule has 0 amide bonds. The molecular weight excluding hydrogens is 247 g/mol. The first-order valence-corrected chi connectivity index (χ1v) is 5.68. The third-order valence-electron chi connectivity index (χ3n) is 2.02. The van der Waals surface area contributed by atoms with E-state index in [1.165, 1.54) is 0 Å². The van der Waals surface area contributed by atoms with E-state index < -0.39 is 5.97 Å². The Morgan fingerprint density at radius 2 is 2.12 bits per heavy atom. The second-order valence-electron chi connectivity index (χ2n) is 3.35. The molecule has 0 saturated carbocycles. The molecule has 0 unspecified atom stereocenters. The van der Waals surface area contributed by atoms with Crippen LogP contribution in [0.25, 0.3) is 6.08 Å². The molecule has 0 fully saturated rings. The molecule has 1 N–H and O–H groups in total. The van der Waals surface area contributed by atoms with Crippen LogP contribution < -0.4 is 0 Å². The van der Waals surface area contributed by atoms with Crippen molar-refractivity contribution in [2.24, 2.45) is 0 Å². The molecule has 1 rings (SSSR count). The van der Waals surface area contributed by atoms with Gasteiger partial charge in [0.1, 0.15) is 0 Å². The highest BCUT2D eigenvalue weighted by molar-refractivity contribution is 6.34. The van der Waals surface area contributed by atoms with E-state index in [0.717, 1.165) is 12.0 Å². The van der Waals surface area contributed by atoms with Gasteiger partial charge >= 0.3 is 5.97 Å². The molecular formula is C12H12Cl2O2. The first-order chi connectivity index (χ1) is 7.59. The van der Waals surface area contributed by atoms with Crippen molar-refractivity contribution in [1.82, 2.24) is 0 Å². The lowest BCUT2D eigenvalue weighted by Crippen LogP contribution is -1.92. The first-order valence-electron chi connectivity index (χ1n) is 4.93. The van der Waals surface area contributed by atoms with E-state index in [4.69, 9.17) is 28.3 Å². The van der Waals surface area contributed by atoms with Gasteiger partial charge in [-0.25, -0.2) is 0 Å². The summed E-state index contributed by atoms with van der Waals surface area (Å²) in [5.74, 6) is -0.769. The number of unbranched alkanes of at least 4 members (excludes halogenated alkanes) is 1. The zero-order chi connectivity index (χ0) is 12.0. The van der Waals surface area contributed by atoms with E-state index in [0.29, 0.717) is 16.5 Å². The van der Waals surface area contributed by atoms with Gasteiger partial charge in [-0.3, -0.25) is 4.79 Å². The Balaban J connectivity index is 2.49. The van der Waals surface area contributed by atoms with Crippen LogP contribution >= 0.6 is 23.2 Å². The molecule has 16 heavy (non-hydrogen) atoms. The Morgan fingerprint density at radius 3 is 2.81 bits per heavy atom. The van der Waals surface area contributed by atoms with E-state index in [-0.39, 0.29) is 6.42 Å². The van der Waals surface area contributed by atoms with Crippen LogP contribution in [0.1, 0.15) is 24.8 Å². The summed E-state index contributed by atoms with van der Waals surface area (Å²) in [5, 5.41) is 9.72. The van der Waals surface area contributed by atoms with Crippen molar-refractivity contribution in [3.63, 3.8) is 0 Å². The Morgan fingerprint density at radius 1 is 1.38 bits per heavy atom. The summed E-state index contributed by atoms with van der Waals surface area (Å²) in [4.78, 5) is 10.3. The van der Waals surface area contributed by atoms with Crippen LogP contribution in [0.2, 0.25) is 10.0 Å². The van der Waals surface area contributed by atoms with Crippen LogP contribution in [0.4, 0.5) is 0 Å². The lowest BCUT2D eigenvalue weighted by atomic mass is 10.1. The molecule has 2 nitrogen and oxygen atoms in total. The number of carbonyl (C=O) groups is 1. The Labute approximate surface area is 104 Å². The number of aliphatic carboxylic acids is 1. The fourth-order valence-electron chi connectivity index (χ4n) is 1.22. The predicted octanol–water partition coefficient (Wildman–Crippen LogP) is 4.26. The summed E-state index contributed by atoms with van der Waals surface area (Å²) >= 11 is 11.8. The summed E-state index contributed by atoms with van der Waals surface area (Å²) in [6.07, 6.45) is 5.29. The average molecular weight is 259 g/mol. The second kappa shape index (κ2) is 6.56. The number of allylic oxidation sites excluding steroid dienone is 1. The highest BCUT2D eigenvalue weighted by Gasteiger charge is 1.97. The van der Waals surface area contributed by atoms with Gasteiger partial charge in [-0.05, 0) is 36.6 Å². The van der Waals surface area contributed by atoms with Crippen LogP contribution in [0.3, 0.4) is 0 Å². The maximum absolute atomic E-state index is 10.3. The van der Waals surface area contributed by atoms with Crippen LogP contribution in [0, 0.1) is 0 Å². The van der Waals surface area contributed by atoms with Gasteiger partial charge in [0.2, 0.25) is 0 Å². The van der Waals surface area contributed by atoms with E-state index >= 15 is 0 Å². The third-order valence-corrected chi connectivity index (χ3v) is 2.60. The summed E-state index contributed by atoms with van der Waals surface area (Å²) in [6, 6.07) is 5.24. The molecule has 0 heterocycles. The van der Waals surface area contributed by atoms with Crippen molar-refractivity contribution in [2.45, 2.75) is 19.3 Å². The molecule has 0 aliphatic heterocycles. The monoisotopic (exact) mass is 258 g/mol. The minimum atomic E-state index is -0.769. The Kier molecular flexibility index (Phi) is 5.36. The van der Waals surface area contributed by atoms with Crippen LogP contribution in [0.5, 0.6) is 0 Å². The first kappa shape index (κ1) is 13.1. The minimum Gasteiger partial charge on any atom is -0.481 e. The molecule has 1 aromatic rings. The van der Waals surface area contributed by atoms with Crippen molar-refractivity contribution in [3.05, 3.63) is 39.9 Å². The normalized spacial score (nSPS) is 10.9. The number of carboxylic acid groups (broad SMARTS) is 1. The molecule has 1 aromatic carbocycles. The molecule has 4 heteroatoms. The molecule has 0 atom stereocenters. The number of carboxylic acids is 1. The highest BCUT2D eigenvalue weighted by Crippen LogP contribution is 2.21.